The highest BCUT2D eigenvalue weighted by Gasteiger charge is 2.31. The Kier molecular flexibility index (Phi) is 6.10. The fourth-order valence-corrected chi connectivity index (χ4v) is 4.67. The van der Waals surface area contributed by atoms with E-state index in [4.69, 9.17) is 0 Å². The summed E-state index contributed by atoms with van der Waals surface area (Å²) >= 11 is 0. The van der Waals surface area contributed by atoms with Crippen molar-refractivity contribution in [2.75, 3.05) is 10.6 Å². The molecule has 1 amide bonds. The minimum Gasteiger partial charge on any atom is -0.338 e. The first-order chi connectivity index (χ1) is 18.1. The Hall–Kier alpha value is -4.73. The average Bonchev–Trinajstić information content (AvgIpc) is 3.71. The third-order valence-corrected chi connectivity index (χ3v) is 6.66. The van der Waals surface area contributed by atoms with E-state index >= 15 is 0 Å². The van der Waals surface area contributed by atoms with Gasteiger partial charge in [0.1, 0.15) is 17.0 Å². The number of fused-ring (bicyclic) bond motifs is 1. The number of halogens is 1. The summed E-state index contributed by atoms with van der Waals surface area (Å²) in [6, 6.07) is 10.7. The molecular weight excluding hydrogens is 489 g/mol. The van der Waals surface area contributed by atoms with Crippen LogP contribution in [0.15, 0.2) is 63.4 Å². The maximum absolute atomic E-state index is 14.9. The van der Waals surface area contributed by atoms with E-state index in [1.165, 1.54) is 45.9 Å². The highest BCUT2D eigenvalue weighted by atomic mass is 19.1. The fourth-order valence-electron chi connectivity index (χ4n) is 4.67. The molecule has 2 aromatic heterocycles. The van der Waals surface area contributed by atoms with Crippen LogP contribution < -0.4 is 27.4 Å². The number of nitrogens with zero attached hydrogens (tertiary/aromatic N) is 3. The highest BCUT2D eigenvalue weighted by molar-refractivity contribution is 5.94. The second-order valence-corrected chi connectivity index (χ2v) is 9.39. The quantitative estimate of drug-likeness (QED) is 0.404. The number of carbonyl (C=O) groups excluding carboxylic acids is 1. The van der Waals surface area contributed by atoms with E-state index in [1.807, 2.05) is 0 Å². The smallest absolute Gasteiger partial charge is 0.336 e. The Bertz CT molecular complexity index is 1830. The predicted molar refractivity (Wildman–Crippen MR) is 146 cm³/mol. The van der Waals surface area contributed by atoms with Gasteiger partial charge in [-0.25, -0.2) is 9.18 Å². The van der Waals surface area contributed by atoms with Crippen molar-refractivity contribution >= 4 is 40.1 Å². The highest BCUT2D eigenvalue weighted by Crippen LogP contribution is 2.34. The first-order valence-corrected chi connectivity index (χ1v) is 12.1. The second kappa shape index (κ2) is 9.29. The van der Waals surface area contributed by atoms with Crippen molar-refractivity contribution in [3.8, 4) is 5.69 Å². The summed E-state index contributed by atoms with van der Waals surface area (Å²) in [5, 5.41) is 5.70. The lowest BCUT2D eigenvalue weighted by Crippen LogP contribution is -2.41. The molecule has 2 aromatic carbocycles. The Labute approximate surface area is 216 Å². The molecule has 0 unspecified atom stereocenters. The minimum absolute atomic E-state index is 0.0542. The summed E-state index contributed by atoms with van der Waals surface area (Å²) in [6.45, 7) is 6.56. The van der Waals surface area contributed by atoms with Gasteiger partial charge in [-0.2, -0.15) is 0 Å². The molecule has 0 spiro atoms. The summed E-state index contributed by atoms with van der Waals surface area (Å²) in [5.74, 6) is -0.821. The van der Waals surface area contributed by atoms with Crippen LogP contribution in [0.25, 0.3) is 22.7 Å². The van der Waals surface area contributed by atoms with Gasteiger partial charge in [-0.15, -0.1) is 0 Å². The van der Waals surface area contributed by atoms with Gasteiger partial charge in [0.25, 0.3) is 11.1 Å². The minimum atomic E-state index is -0.595. The SMILES string of the molecule is C=Cc1ccc(Nc2c3c(=O)n(C4CC4)c(=O)n(-c4cccc(NC(C)=O)c4)c3c(C)c(=O)n2C)c(F)c1. The zero-order chi connectivity index (χ0) is 27.3. The molecule has 9 nitrogen and oxygen atoms in total. The van der Waals surface area contributed by atoms with Crippen LogP contribution in [0.4, 0.5) is 21.6 Å². The van der Waals surface area contributed by atoms with Gasteiger partial charge in [-0.1, -0.05) is 24.8 Å². The Morgan fingerprint density at radius 3 is 2.47 bits per heavy atom. The van der Waals surface area contributed by atoms with Crippen molar-refractivity contribution in [3.63, 3.8) is 0 Å². The molecule has 4 aromatic rings. The number of amides is 1. The molecule has 0 atom stereocenters. The molecule has 1 saturated carbocycles. The Balaban J connectivity index is 1.89. The number of hydrogen-bond acceptors (Lipinski definition) is 5. The van der Waals surface area contributed by atoms with Gasteiger partial charge < -0.3 is 10.6 Å². The molecule has 2 N–H and O–H groups in total. The lowest BCUT2D eigenvalue weighted by atomic mass is 10.1. The molecule has 38 heavy (non-hydrogen) atoms. The van der Waals surface area contributed by atoms with Gasteiger partial charge in [0.15, 0.2) is 0 Å². The standard InChI is InChI=1S/C28H26FN5O4/c1-5-17-9-12-22(21(29)13-17)31-25-23-24(15(2)26(36)32(25)4)33(28(38)34(27(23)37)19-10-11-19)20-8-6-7-18(14-20)30-16(3)35/h5-9,12-14,19,31H,1,10-11H2,2-4H3,(H,30,35). The summed E-state index contributed by atoms with van der Waals surface area (Å²) in [6.07, 6.45) is 2.83. The van der Waals surface area contributed by atoms with Crippen LogP contribution in [0.2, 0.25) is 0 Å². The number of aryl methyl sites for hydroxylation is 1. The molecular formula is C28H26FN5O4. The summed E-state index contributed by atoms with van der Waals surface area (Å²) < 4.78 is 18.7. The number of aromatic nitrogens is 3. The fraction of sp³-hybridized carbons (Fsp3) is 0.214. The van der Waals surface area contributed by atoms with Crippen LogP contribution in [0.3, 0.4) is 0 Å². The third kappa shape index (κ3) is 4.13. The number of anilines is 3. The van der Waals surface area contributed by atoms with Crippen LogP contribution in [0.5, 0.6) is 0 Å². The summed E-state index contributed by atoms with van der Waals surface area (Å²) in [5.41, 5.74) is 0.118. The molecule has 5 rings (SSSR count). The Morgan fingerprint density at radius 1 is 1.11 bits per heavy atom. The van der Waals surface area contributed by atoms with Gasteiger partial charge in [-0.05, 0) is 55.7 Å². The molecule has 1 aliphatic rings. The number of rotatable bonds is 6. The molecule has 0 aliphatic heterocycles. The van der Waals surface area contributed by atoms with Crippen molar-refractivity contribution in [1.82, 2.24) is 13.7 Å². The zero-order valence-electron chi connectivity index (χ0n) is 21.2. The lowest BCUT2D eigenvalue weighted by Gasteiger charge is -2.21. The van der Waals surface area contributed by atoms with E-state index in [1.54, 1.807) is 37.3 Å². The molecule has 1 aliphatic carbocycles. The monoisotopic (exact) mass is 515 g/mol. The molecule has 1 fully saturated rings. The van der Waals surface area contributed by atoms with Crippen LogP contribution in [-0.2, 0) is 11.8 Å². The number of pyridine rings is 1. The summed E-state index contributed by atoms with van der Waals surface area (Å²) in [4.78, 5) is 52.7. The van der Waals surface area contributed by atoms with E-state index in [-0.39, 0.29) is 39.9 Å². The third-order valence-electron chi connectivity index (χ3n) is 6.66. The van der Waals surface area contributed by atoms with Crippen molar-refractivity contribution in [2.24, 2.45) is 7.05 Å². The summed E-state index contributed by atoms with van der Waals surface area (Å²) in [7, 11) is 1.49. The van der Waals surface area contributed by atoms with Gasteiger partial charge in [0, 0.05) is 31.3 Å². The topological polar surface area (TPSA) is 107 Å². The average molecular weight is 516 g/mol. The predicted octanol–water partition coefficient (Wildman–Crippen LogP) is 3.98. The van der Waals surface area contributed by atoms with Gasteiger partial charge >= 0.3 is 5.69 Å². The van der Waals surface area contributed by atoms with Crippen LogP contribution in [0.1, 0.15) is 36.9 Å². The van der Waals surface area contributed by atoms with Gasteiger partial charge in [-0.3, -0.25) is 28.1 Å². The second-order valence-electron chi connectivity index (χ2n) is 9.39. The van der Waals surface area contributed by atoms with E-state index in [9.17, 15) is 23.6 Å². The number of nitrogens with one attached hydrogen (secondary N) is 2. The van der Waals surface area contributed by atoms with Crippen molar-refractivity contribution in [1.29, 1.82) is 0 Å². The van der Waals surface area contributed by atoms with E-state index in [0.29, 0.717) is 29.8 Å². The number of hydrogen-bond donors (Lipinski definition) is 2. The van der Waals surface area contributed by atoms with Crippen LogP contribution in [-0.4, -0.2) is 19.6 Å². The van der Waals surface area contributed by atoms with E-state index in [2.05, 4.69) is 17.2 Å². The first kappa shape index (κ1) is 24.9. The largest absolute Gasteiger partial charge is 0.338 e. The lowest BCUT2D eigenvalue weighted by molar-refractivity contribution is -0.114. The zero-order valence-corrected chi connectivity index (χ0v) is 21.2. The first-order valence-electron chi connectivity index (χ1n) is 12.1. The van der Waals surface area contributed by atoms with E-state index in [0.717, 1.165) is 0 Å². The van der Waals surface area contributed by atoms with Gasteiger partial charge in [0.2, 0.25) is 5.91 Å². The number of carbonyl (C=O) groups is 1. The molecule has 0 saturated heterocycles. The van der Waals surface area contributed by atoms with Crippen molar-refractivity contribution < 1.29 is 9.18 Å². The normalized spacial score (nSPS) is 12.9. The van der Waals surface area contributed by atoms with Crippen molar-refractivity contribution in [3.05, 3.63) is 97.2 Å². The van der Waals surface area contributed by atoms with E-state index < -0.39 is 22.6 Å². The maximum Gasteiger partial charge on any atom is 0.336 e. The molecule has 2 heterocycles. The molecule has 194 valence electrons. The number of benzene rings is 2. The molecule has 0 bridgehead atoms. The van der Waals surface area contributed by atoms with Crippen LogP contribution in [0, 0.1) is 12.7 Å². The Morgan fingerprint density at radius 2 is 1.84 bits per heavy atom. The molecule has 0 radical (unpaired) electrons. The van der Waals surface area contributed by atoms with Crippen LogP contribution >= 0.6 is 0 Å². The van der Waals surface area contributed by atoms with Crippen molar-refractivity contribution in [2.45, 2.75) is 32.7 Å². The molecule has 10 heteroatoms. The maximum atomic E-state index is 14.9. The van der Waals surface area contributed by atoms with Gasteiger partial charge in [0.05, 0.1) is 16.9 Å².